The number of halogens is 1. The minimum atomic E-state index is 0.118. The van der Waals surface area contributed by atoms with Crippen LogP contribution in [0.4, 0.5) is 0 Å². The first-order valence-corrected chi connectivity index (χ1v) is 3.93. The molecular weight excluding hydrogens is 152 g/mol. The third kappa shape index (κ3) is 1.77. The molecule has 2 unspecified atom stereocenters. The molecule has 0 aliphatic heterocycles. The maximum Gasteiger partial charge on any atom is 0.0563 e. The lowest BCUT2D eigenvalue weighted by atomic mass is 10.0. The van der Waals surface area contributed by atoms with Gasteiger partial charge < -0.3 is 12.6 Å². The first-order chi connectivity index (χ1) is 4.34. The number of hydrogen-bond acceptors (Lipinski definition) is 1. The Hall–Kier alpha value is 0.120. The largest absolute Gasteiger partial charge is 0.792 e. The number of alkyl halides is 1. The molecule has 0 saturated carbocycles. The molecule has 0 fully saturated rings. The Kier molecular flexibility index (Phi) is 2.67. The summed E-state index contributed by atoms with van der Waals surface area (Å²) in [5, 5.41) is 0.118. The van der Waals surface area contributed by atoms with Gasteiger partial charge in [0.15, 0.2) is 0 Å². The van der Waals surface area contributed by atoms with Crippen LogP contribution in [-0.2, 0) is 12.6 Å². The Morgan fingerprint density at radius 1 is 1.33 bits per heavy atom. The summed E-state index contributed by atoms with van der Waals surface area (Å²) in [6, 6.07) is 0. The van der Waals surface area contributed by atoms with E-state index in [0.29, 0.717) is 5.92 Å². The standard InChI is InChI=1S/C7H9ClS/c8-7-4-2-1-3-6(7)5-9/h1-4,6-7,9H,5H2/p-1. The van der Waals surface area contributed by atoms with E-state index in [2.05, 4.69) is 6.08 Å². The van der Waals surface area contributed by atoms with Crippen molar-refractivity contribution in [2.45, 2.75) is 5.38 Å². The monoisotopic (exact) mass is 159 g/mol. The second kappa shape index (κ2) is 3.33. The van der Waals surface area contributed by atoms with Crippen molar-refractivity contribution in [3.05, 3.63) is 24.3 Å². The highest BCUT2D eigenvalue weighted by Crippen LogP contribution is 2.17. The van der Waals surface area contributed by atoms with Crippen molar-refractivity contribution in [2.24, 2.45) is 5.92 Å². The van der Waals surface area contributed by atoms with Gasteiger partial charge in [0.2, 0.25) is 0 Å². The smallest absolute Gasteiger partial charge is 0.0563 e. The van der Waals surface area contributed by atoms with Crippen molar-refractivity contribution >= 4 is 24.2 Å². The molecule has 0 amide bonds. The molecule has 0 aromatic heterocycles. The molecule has 1 rings (SSSR count). The fraction of sp³-hybridized carbons (Fsp3) is 0.429. The highest BCUT2D eigenvalue weighted by molar-refractivity contribution is 7.58. The molecule has 0 aromatic rings. The summed E-state index contributed by atoms with van der Waals surface area (Å²) >= 11 is 10.8. The van der Waals surface area contributed by atoms with E-state index < -0.39 is 0 Å². The lowest BCUT2D eigenvalue weighted by molar-refractivity contribution is 0.759. The van der Waals surface area contributed by atoms with Gasteiger partial charge in [0.25, 0.3) is 0 Å². The molecule has 0 radical (unpaired) electrons. The van der Waals surface area contributed by atoms with Crippen molar-refractivity contribution in [1.29, 1.82) is 0 Å². The number of rotatable bonds is 1. The molecule has 0 aromatic carbocycles. The molecule has 1 aliphatic rings. The zero-order valence-corrected chi connectivity index (χ0v) is 6.53. The van der Waals surface area contributed by atoms with Crippen LogP contribution in [0.25, 0.3) is 0 Å². The summed E-state index contributed by atoms with van der Waals surface area (Å²) in [7, 11) is 0. The SMILES string of the molecule is [S-]CC1C=CC=CC1Cl. The average Bonchev–Trinajstić information content (AvgIpc) is 1.89. The van der Waals surface area contributed by atoms with Crippen LogP contribution in [0.15, 0.2) is 24.3 Å². The molecule has 50 valence electrons. The first-order valence-electron chi connectivity index (χ1n) is 2.92. The van der Waals surface area contributed by atoms with Crippen LogP contribution in [0.5, 0.6) is 0 Å². The molecule has 0 bridgehead atoms. The molecule has 9 heavy (non-hydrogen) atoms. The quantitative estimate of drug-likeness (QED) is 0.416. The summed E-state index contributed by atoms with van der Waals surface area (Å²) in [5.41, 5.74) is 0. The summed E-state index contributed by atoms with van der Waals surface area (Å²) in [4.78, 5) is 0. The van der Waals surface area contributed by atoms with Crippen LogP contribution in [0.2, 0.25) is 0 Å². The van der Waals surface area contributed by atoms with Gasteiger partial charge in [-0.15, -0.1) is 11.6 Å². The van der Waals surface area contributed by atoms with Gasteiger partial charge in [-0.3, -0.25) is 0 Å². The van der Waals surface area contributed by atoms with Crippen LogP contribution in [0.3, 0.4) is 0 Å². The second-order valence-electron chi connectivity index (χ2n) is 2.04. The number of hydrogen-bond donors (Lipinski definition) is 0. The maximum absolute atomic E-state index is 5.88. The van der Waals surface area contributed by atoms with Crippen LogP contribution in [-0.4, -0.2) is 11.1 Å². The Balaban J connectivity index is 2.55. The van der Waals surface area contributed by atoms with Gasteiger partial charge in [-0.2, -0.15) is 5.75 Å². The fourth-order valence-electron chi connectivity index (χ4n) is 0.774. The molecule has 2 atom stereocenters. The van der Waals surface area contributed by atoms with E-state index in [1.807, 2.05) is 18.2 Å². The van der Waals surface area contributed by atoms with Gasteiger partial charge in [-0.05, 0) is 5.92 Å². The van der Waals surface area contributed by atoms with E-state index in [-0.39, 0.29) is 5.38 Å². The van der Waals surface area contributed by atoms with E-state index in [1.54, 1.807) is 0 Å². The topological polar surface area (TPSA) is 0 Å². The summed E-state index contributed by atoms with van der Waals surface area (Å²) in [6.07, 6.45) is 7.98. The Morgan fingerprint density at radius 2 is 2.00 bits per heavy atom. The van der Waals surface area contributed by atoms with Crippen molar-refractivity contribution in [2.75, 3.05) is 5.75 Å². The van der Waals surface area contributed by atoms with Gasteiger partial charge in [-0.25, -0.2) is 0 Å². The Bertz CT molecular complexity index is 140. The minimum absolute atomic E-state index is 0.118. The molecule has 2 heteroatoms. The second-order valence-corrected chi connectivity index (χ2v) is 2.88. The van der Waals surface area contributed by atoms with Crippen LogP contribution < -0.4 is 0 Å². The molecular formula is C7H8ClS-. The third-order valence-electron chi connectivity index (χ3n) is 1.37. The van der Waals surface area contributed by atoms with Gasteiger partial charge in [0.05, 0.1) is 5.38 Å². The predicted octanol–water partition coefficient (Wildman–Crippen LogP) is 1.88. The van der Waals surface area contributed by atoms with E-state index in [1.165, 1.54) is 0 Å². The van der Waals surface area contributed by atoms with Crippen LogP contribution in [0, 0.1) is 5.92 Å². The zero-order chi connectivity index (χ0) is 6.69. The van der Waals surface area contributed by atoms with Gasteiger partial charge in [-0.1, -0.05) is 24.3 Å². The van der Waals surface area contributed by atoms with Crippen molar-refractivity contribution in [1.82, 2.24) is 0 Å². The minimum Gasteiger partial charge on any atom is -0.792 e. The molecule has 0 nitrogen and oxygen atoms in total. The lowest BCUT2D eigenvalue weighted by Gasteiger charge is -2.20. The maximum atomic E-state index is 5.88. The fourth-order valence-corrected chi connectivity index (χ4v) is 1.45. The Morgan fingerprint density at radius 3 is 2.44 bits per heavy atom. The van der Waals surface area contributed by atoms with E-state index >= 15 is 0 Å². The molecule has 0 saturated heterocycles. The van der Waals surface area contributed by atoms with Gasteiger partial charge in [0, 0.05) is 0 Å². The molecule has 0 heterocycles. The van der Waals surface area contributed by atoms with Gasteiger partial charge in [0.1, 0.15) is 0 Å². The van der Waals surface area contributed by atoms with Crippen molar-refractivity contribution in [3.63, 3.8) is 0 Å². The Labute approximate surface area is 66.0 Å². The van der Waals surface area contributed by atoms with Crippen LogP contribution in [0.1, 0.15) is 0 Å². The molecule has 0 N–H and O–H groups in total. The molecule has 0 spiro atoms. The average molecular weight is 160 g/mol. The van der Waals surface area contributed by atoms with Crippen molar-refractivity contribution in [3.8, 4) is 0 Å². The highest BCUT2D eigenvalue weighted by Gasteiger charge is 2.09. The molecule has 1 aliphatic carbocycles. The summed E-state index contributed by atoms with van der Waals surface area (Å²) in [6.45, 7) is 0. The third-order valence-corrected chi connectivity index (χ3v) is 2.22. The van der Waals surface area contributed by atoms with Gasteiger partial charge >= 0.3 is 0 Å². The van der Waals surface area contributed by atoms with Crippen molar-refractivity contribution < 1.29 is 0 Å². The highest BCUT2D eigenvalue weighted by atomic mass is 35.5. The summed E-state index contributed by atoms with van der Waals surface area (Å²) < 4.78 is 0. The van der Waals surface area contributed by atoms with Crippen LogP contribution >= 0.6 is 11.6 Å². The van der Waals surface area contributed by atoms with E-state index in [9.17, 15) is 0 Å². The predicted molar refractivity (Wildman–Crippen MR) is 43.6 cm³/mol. The van der Waals surface area contributed by atoms with E-state index in [0.717, 1.165) is 5.75 Å². The zero-order valence-electron chi connectivity index (χ0n) is 4.96. The van der Waals surface area contributed by atoms with E-state index in [4.69, 9.17) is 24.2 Å². The number of allylic oxidation sites excluding steroid dienone is 4. The first kappa shape index (κ1) is 7.23. The summed E-state index contributed by atoms with van der Waals surface area (Å²) in [5.74, 6) is 1.08. The lowest BCUT2D eigenvalue weighted by Crippen LogP contribution is -2.14. The normalized spacial score (nSPS) is 33.1.